The van der Waals surface area contributed by atoms with Crippen LogP contribution in [0, 0.1) is 0 Å². The number of fused-ring (bicyclic) bond motifs is 1. The van der Waals surface area contributed by atoms with Crippen molar-refractivity contribution in [1.82, 2.24) is 15.0 Å². The van der Waals surface area contributed by atoms with E-state index >= 15 is 0 Å². The van der Waals surface area contributed by atoms with Crippen molar-refractivity contribution >= 4 is 17.2 Å². The Labute approximate surface area is 136 Å². The molecule has 0 saturated heterocycles. The van der Waals surface area contributed by atoms with Gasteiger partial charge in [0.15, 0.2) is 17.3 Å². The van der Waals surface area contributed by atoms with Crippen LogP contribution in [0.5, 0.6) is 11.5 Å². The van der Waals surface area contributed by atoms with E-state index in [9.17, 15) is 4.79 Å². The minimum atomic E-state index is -0.143. The van der Waals surface area contributed by atoms with Crippen molar-refractivity contribution in [2.75, 3.05) is 26.9 Å². The Morgan fingerprint density at radius 1 is 1.43 bits per heavy atom. The SMILES string of the molecule is CCN(Cc1nc(COC)no1)C(=O)c1scc2c1OCCO2. The molecule has 2 aromatic heterocycles. The molecule has 9 heteroatoms. The molecule has 124 valence electrons. The minimum Gasteiger partial charge on any atom is -0.485 e. The molecule has 0 fully saturated rings. The molecule has 0 saturated carbocycles. The van der Waals surface area contributed by atoms with E-state index in [-0.39, 0.29) is 19.1 Å². The van der Waals surface area contributed by atoms with Gasteiger partial charge in [-0.15, -0.1) is 11.3 Å². The van der Waals surface area contributed by atoms with Crippen LogP contribution in [-0.4, -0.2) is 47.8 Å². The topological polar surface area (TPSA) is 86.9 Å². The highest BCUT2D eigenvalue weighted by Gasteiger charge is 2.27. The number of methoxy groups -OCH3 is 1. The quantitative estimate of drug-likeness (QED) is 0.792. The summed E-state index contributed by atoms with van der Waals surface area (Å²) in [6.07, 6.45) is 0. The van der Waals surface area contributed by atoms with E-state index in [4.69, 9.17) is 18.7 Å². The fourth-order valence-corrected chi connectivity index (χ4v) is 3.08. The van der Waals surface area contributed by atoms with E-state index in [2.05, 4.69) is 10.1 Å². The third-order valence-electron chi connectivity index (χ3n) is 3.27. The summed E-state index contributed by atoms with van der Waals surface area (Å²) in [6.45, 7) is 3.85. The van der Waals surface area contributed by atoms with E-state index < -0.39 is 0 Å². The zero-order chi connectivity index (χ0) is 16.2. The Morgan fingerprint density at radius 2 is 2.26 bits per heavy atom. The summed E-state index contributed by atoms with van der Waals surface area (Å²) in [4.78, 5) is 19.1. The Balaban J connectivity index is 1.74. The molecule has 2 aromatic rings. The van der Waals surface area contributed by atoms with Crippen LogP contribution in [0.15, 0.2) is 9.90 Å². The zero-order valence-electron chi connectivity index (χ0n) is 12.9. The van der Waals surface area contributed by atoms with Gasteiger partial charge >= 0.3 is 0 Å². The van der Waals surface area contributed by atoms with Crippen molar-refractivity contribution in [3.05, 3.63) is 22.0 Å². The van der Waals surface area contributed by atoms with Crippen LogP contribution in [-0.2, 0) is 17.9 Å². The molecule has 1 amide bonds. The molecular weight excluding hydrogens is 322 g/mol. The monoisotopic (exact) mass is 339 g/mol. The molecule has 0 aliphatic carbocycles. The average molecular weight is 339 g/mol. The number of hydrogen-bond acceptors (Lipinski definition) is 8. The van der Waals surface area contributed by atoms with Crippen LogP contribution in [0.2, 0.25) is 0 Å². The van der Waals surface area contributed by atoms with Crippen molar-refractivity contribution in [2.24, 2.45) is 0 Å². The maximum absolute atomic E-state index is 12.7. The molecule has 0 spiro atoms. The van der Waals surface area contributed by atoms with E-state index in [0.717, 1.165) is 0 Å². The summed E-state index contributed by atoms with van der Waals surface area (Å²) in [5.41, 5.74) is 0. The van der Waals surface area contributed by atoms with E-state index in [1.54, 1.807) is 17.4 Å². The number of carbonyl (C=O) groups excluding carboxylic acids is 1. The third-order valence-corrected chi connectivity index (χ3v) is 4.20. The molecule has 3 rings (SSSR count). The first-order valence-corrected chi connectivity index (χ1v) is 8.07. The first-order chi connectivity index (χ1) is 11.2. The van der Waals surface area contributed by atoms with Crippen LogP contribution in [0.4, 0.5) is 0 Å². The van der Waals surface area contributed by atoms with Gasteiger partial charge in [0.2, 0.25) is 5.89 Å². The summed E-state index contributed by atoms with van der Waals surface area (Å²) < 4.78 is 21.1. The Hall–Kier alpha value is -2.13. The largest absolute Gasteiger partial charge is 0.485 e. The Bertz CT molecular complexity index is 684. The molecule has 0 radical (unpaired) electrons. The smallest absolute Gasteiger partial charge is 0.268 e. The zero-order valence-corrected chi connectivity index (χ0v) is 13.7. The molecule has 0 atom stereocenters. The highest BCUT2D eigenvalue weighted by Crippen LogP contribution is 2.40. The van der Waals surface area contributed by atoms with Crippen LogP contribution in [0.25, 0.3) is 0 Å². The summed E-state index contributed by atoms with van der Waals surface area (Å²) in [5.74, 6) is 1.83. The van der Waals surface area contributed by atoms with Gasteiger partial charge < -0.3 is 23.6 Å². The molecular formula is C14H17N3O5S. The van der Waals surface area contributed by atoms with Gasteiger partial charge in [0.25, 0.3) is 5.91 Å². The van der Waals surface area contributed by atoms with Gasteiger partial charge in [0.05, 0.1) is 0 Å². The summed E-state index contributed by atoms with van der Waals surface area (Å²) >= 11 is 1.31. The van der Waals surface area contributed by atoms with Crippen LogP contribution < -0.4 is 9.47 Å². The number of thiophene rings is 1. The minimum absolute atomic E-state index is 0.143. The lowest BCUT2D eigenvalue weighted by Crippen LogP contribution is -2.30. The molecule has 1 aliphatic rings. The predicted octanol–water partition coefficient (Wildman–Crippen LogP) is 1.71. The third kappa shape index (κ3) is 3.30. The number of amides is 1. The van der Waals surface area contributed by atoms with Crippen LogP contribution in [0.3, 0.4) is 0 Å². The van der Waals surface area contributed by atoms with Gasteiger partial charge in [-0.3, -0.25) is 4.79 Å². The van der Waals surface area contributed by atoms with E-state index in [0.29, 0.717) is 47.8 Å². The fraction of sp³-hybridized carbons (Fsp3) is 0.500. The standard InChI is InChI=1S/C14H17N3O5S/c1-3-17(6-11-15-10(7-19-2)16-22-11)14(18)13-12-9(8-23-13)20-4-5-21-12/h8H,3-7H2,1-2H3. The number of rotatable bonds is 6. The first-order valence-electron chi connectivity index (χ1n) is 7.19. The second-order valence-electron chi connectivity index (χ2n) is 4.81. The molecule has 23 heavy (non-hydrogen) atoms. The van der Waals surface area contributed by atoms with Crippen molar-refractivity contribution in [3.63, 3.8) is 0 Å². The number of ether oxygens (including phenoxy) is 3. The fourth-order valence-electron chi connectivity index (χ4n) is 2.19. The highest BCUT2D eigenvalue weighted by atomic mass is 32.1. The lowest BCUT2D eigenvalue weighted by Gasteiger charge is -2.20. The molecule has 0 unspecified atom stereocenters. The second-order valence-corrected chi connectivity index (χ2v) is 5.69. The van der Waals surface area contributed by atoms with Gasteiger partial charge in [-0.25, -0.2) is 0 Å². The second kappa shape index (κ2) is 6.97. The molecule has 8 nitrogen and oxygen atoms in total. The van der Waals surface area contributed by atoms with E-state index in [1.807, 2.05) is 6.92 Å². The van der Waals surface area contributed by atoms with Gasteiger partial charge in [0.1, 0.15) is 31.2 Å². The van der Waals surface area contributed by atoms with Crippen molar-refractivity contribution in [1.29, 1.82) is 0 Å². The Morgan fingerprint density at radius 3 is 3.04 bits per heavy atom. The number of hydrogen-bond donors (Lipinski definition) is 0. The van der Waals surface area contributed by atoms with E-state index in [1.165, 1.54) is 11.3 Å². The van der Waals surface area contributed by atoms with Crippen LogP contribution in [0.1, 0.15) is 28.3 Å². The molecule has 1 aliphatic heterocycles. The average Bonchev–Trinajstić information content (AvgIpc) is 3.19. The van der Waals surface area contributed by atoms with Gasteiger partial charge in [-0.05, 0) is 6.92 Å². The van der Waals surface area contributed by atoms with Crippen molar-refractivity contribution in [2.45, 2.75) is 20.1 Å². The maximum atomic E-state index is 12.7. The molecule has 0 aromatic carbocycles. The van der Waals surface area contributed by atoms with Crippen LogP contribution >= 0.6 is 11.3 Å². The summed E-state index contributed by atoms with van der Waals surface area (Å²) in [6, 6.07) is 0. The van der Waals surface area contributed by atoms with Gasteiger partial charge in [-0.1, -0.05) is 5.16 Å². The molecule has 0 bridgehead atoms. The summed E-state index contributed by atoms with van der Waals surface area (Å²) in [5, 5.41) is 5.59. The predicted molar refractivity (Wildman–Crippen MR) is 80.7 cm³/mol. The maximum Gasteiger partial charge on any atom is 0.268 e. The van der Waals surface area contributed by atoms with Gasteiger partial charge in [0, 0.05) is 19.0 Å². The lowest BCUT2D eigenvalue weighted by molar-refractivity contribution is 0.0730. The molecule has 0 N–H and O–H groups in total. The summed E-state index contributed by atoms with van der Waals surface area (Å²) in [7, 11) is 1.56. The highest BCUT2D eigenvalue weighted by molar-refractivity contribution is 7.12. The number of carbonyl (C=O) groups is 1. The van der Waals surface area contributed by atoms with Crippen molar-refractivity contribution in [3.8, 4) is 11.5 Å². The number of aromatic nitrogens is 2. The van der Waals surface area contributed by atoms with Crippen molar-refractivity contribution < 1.29 is 23.5 Å². The lowest BCUT2D eigenvalue weighted by atomic mass is 10.3. The first kappa shape index (κ1) is 15.8. The molecule has 3 heterocycles. The van der Waals surface area contributed by atoms with Gasteiger partial charge in [-0.2, -0.15) is 4.98 Å². The number of nitrogens with zero attached hydrogens (tertiary/aromatic N) is 3. The normalized spacial score (nSPS) is 13.1. The Kier molecular flexibility index (Phi) is 4.77.